The van der Waals surface area contributed by atoms with Crippen molar-refractivity contribution < 1.29 is 4.79 Å². The van der Waals surface area contributed by atoms with E-state index in [4.69, 9.17) is 5.73 Å². The molecule has 84 valence electrons. The Kier molecular flexibility index (Phi) is 3.01. The number of rotatable bonds is 2. The lowest BCUT2D eigenvalue weighted by Crippen LogP contribution is -2.32. The smallest absolute Gasteiger partial charge is 0.233 e. The third-order valence-electron chi connectivity index (χ3n) is 2.81. The Morgan fingerprint density at radius 3 is 2.69 bits per heavy atom. The van der Waals surface area contributed by atoms with Gasteiger partial charge in [0.2, 0.25) is 5.91 Å². The van der Waals surface area contributed by atoms with Gasteiger partial charge in [0.05, 0.1) is 5.92 Å². The minimum absolute atomic E-state index is 0.0137. The van der Waals surface area contributed by atoms with E-state index in [0.717, 1.165) is 5.69 Å². The average Bonchev–Trinajstić information content (AvgIpc) is 2.75. The van der Waals surface area contributed by atoms with Gasteiger partial charge in [0, 0.05) is 31.2 Å². The van der Waals surface area contributed by atoms with Crippen LogP contribution in [0.5, 0.6) is 0 Å². The Morgan fingerprint density at radius 2 is 2.12 bits per heavy atom. The van der Waals surface area contributed by atoms with Crippen LogP contribution in [0.3, 0.4) is 0 Å². The first-order valence-corrected chi connectivity index (χ1v) is 5.30. The molecule has 0 bridgehead atoms. The van der Waals surface area contributed by atoms with Crippen LogP contribution in [0.15, 0.2) is 36.7 Å². The van der Waals surface area contributed by atoms with E-state index in [1.807, 2.05) is 24.3 Å². The number of pyridine rings is 1. The summed E-state index contributed by atoms with van der Waals surface area (Å²) in [6, 6.07) is 3.65. The van der Waals surface area contributed by atoms with Crippen molar-refractivity contribution in [3.63, 3.8) is 0 Å². The molecule has 2 N–H and O–H groups in total. The Bertz CT molecular complexity index is 402. The molecular weight excluding hydrogens is 202 g/mol. The molecule has 1 amide bonds. The third-order valence-corrected chi connectivity index (χ3v) is 2.81. The zero-order valence-electron chi connectivity index (χ0n) is 9.21. The number of nitrogens with zero attached hydrogens (tertiary/aromatic N) is 2. The topological polar surface area (TPSA) is 59.2 Å². The van der Waals surface area contributed by atoms with Gasteiger partial charge in [0.25, 0.3) is 0 Å². The summed E-state index contributed by atoms with van der Waals surface area (Å²) in [6.07, 6.45) is 7.84. The lowest BCUT2D eigenvalue weighted by molar-refractivity contribution is -0.120. The maximum Gasteiger partial charge on any atom is 0.233 e. The summed E-state index contributed by atoms with van der Waals surface area (Å²) in [5.74, 6) is -0.0106. The molecule has 16 heavy (non-hydrogen) atoms. The second-order valence-corrected chi connectivity index (χ2v) is 3.99. The van der Waals surface area contributed by atoms with E-state index in [1.54, 1.807) is 24.3 Å². The highest BCUT2D eigenvalue weighted by molar-refractivity contribution is 5.95. The third kappa shape index (κ3) is 2.12. The lowest BCUT2D eigenvalue weighted by atomic mass is 10.1. The van der Waals surface area contributed by atoms with Gasteiger partial charge in [-0.25, -0.2) is 0 Å². The minimum atomic E-state index is -0.0897. The van der Waals surface area contributed by atoms with Crippen LogP contribution in [0.2, 0.25) is 0 Å². The van der Waals surface area contributed by atoms with Gasteiger partial charge in [0.15, 0.2) is 0 Å². The molecule has 0 spiro atoms. The van der Waals surface area contributed by atoms with E-state index >= 15 is 0 Å². The monoisotopic (exact) mass is 217 g/mol. The first-order valence-electron chi connectivity index (χ1n) is 5.30. The van der Waals surface area contributed by atoms with E-state index in [1.165, 1.54) is 0 Å². The van der Waals surface area contributed by atoms with Crippen LogP contribution in [0.1, 0.15) is 6.42 Å². The van der Waals surface area contributed by atoms with Gasteiger partial charge in [-0.15, -0.1) is 0 Å². The van der Waals surface area contributed by atoms with Crippen LogP contribution < -0.4 is 10.6 Å². The largest absolute Gasteiger partial charge is 0.324 e. The summed E-state index contributed by atoms with van der Waals surface area (Å²) in [7, 11) is 1.77. The van der Waals surface area contributed by atoms with Crippen LogP contribution >= 0.6 is 0 Å². The van der Waals surface area contributed by atoms with Gasteiger partial charge >= 0.3 is 0 Å². The van der Waals surface area contributed by atoms with Crippen molar-refractivity contribution in [2.45, 2.75) is 12.5 Å². The molecule has 0 radical (unpaired) electrons. The van der Waals surface area contributed by atoms with Crippen molar-refractivity contribution in [1.29, 1.82) is 0 Å². The molecule has 2 unspecified atom stereocenters. The van der Waals surface area contributed by atoms with Crippen LogP contribution in [-0.2, 0) is 4.79 Å². The number of carbonyl (C=O) groups is 1. The van der Waals surface area contributed by atoms with Gasteiger partial charge in [-0.1, -0.05) is 12.2 Å². The second kappa shape index (κ2) is 4.45. The fourth-order valence-corrected chi connectivity index (χ4v) is 1.85. The number of amides is 1. The molecule has 0 saturated heterocycles. The van der Waals surface area contributed by atoms with Gasteiger partial charge in [-0.3, -0.25) is 9.78 Å². The molecule has 4 heteroatoms. The molecule has 2 atom stereocenters. The molecular formula is C12H15N3O. The summed E-state index contributed by atoms with van der Waals surface area (Å²) in [5.41, 5.74) is 6.59. The molecule has 0 aliphatic heterocycles. The van der Waals surface area contributed by atoms with Crippen molar-refractivity contribution in [1.82, 2.24) is 4.98 Å². The number of carbonyl (C=O) groups excluding carboxylic acids is 1. The van der Waals surface area contributed by atoms with E-state index < -0.39 is 0 Å². The van der Waals surface area contributed by atoms with Crippen LogP contribution in [0, 0.1) is 5.92 Å². The van der Waals surface area contributed by atoms with Crippen LogP contribution in [-0.4, -0.2) is 24.0 Å². The lowest BCUT2D eigenvalue weighted by Gasteiger charge is -2.20. The molecule has 1 aliphatic rings. The van der Waals surface area contributed by atoms with E-state index in [0.29, 0.717) is 6.42 Å². The first kappa shape index (κ1) is 10.8. The summed E-state index contributed by atoms with van der Waals surface area (Å²) >= 11 is 0. The van der Waals surface area contributed by atoms with Crippen molar-refractivity contribution in [2.24, 2.45) is 11.7 Å². The average molecular weight is 217 g/mol. The molecule has 1 aliphatic carbocycles. The first-order chi connectivity index (χ1) is 7.68. The fraction of sp³-hybridized carbons (Fsp3) is 0.333. The van der Waals surface area contributed by atoms with Crippen LogP contribution in [0.25, 0.3) is 0 Å². The maximum absolute atomic E-state index is 12.1. The second-order valence-electron chi connectivity index (χ2n) is 3.99. The molecule has 1 heterocycles. The Labute approximate surface area is 94.8 Å². The Morgan fingerprint density at radius 1 is 1.44 bits per heavy atom. The number of nitrogens with two attached hydrogens (primary N) is 1. The molecule has 0 aromatic carbocycles. The molecule has 0 fully saturated rings. The number of aromatic nitrogens is 1. The molecule has 0 saturated carbocycles. The standard InChI is InChI=1S/C12H15N3O/c1-15(11-4-6-14-7-5-11)12(16)9-2-3-10(13)8-9/h2-7,9-10H,8,13H2,1H3. The highest BCUT2D eigenvalue weighted by atomic mass is 16.2. The van der Waals surface area contributed by atoms with Crippen molar-refractivity contribution >= 4 is 11.6 Å². The van der Waals surface area contributed by atoms with Gasteiger partial charge < -0.3 is 10.6 Å². The van der Waals surface area contributed by atoms with Crippen molar-refractivity contribution in [3.8, 4) is 0 Å². The highest BCUT2D eigenvalue weighted by Gasteiger charge is 2.25. The highest BCUT2D eigenvalue weighted by Crippen LogP contribution is 2.21. The fourth-order valence-electron chi connectivity index (χ4n) is 1.85. The summed E-state index contributed by atoms with van der Waals surface area (Å²) in [5, 5.41) is 0. The number of hydrogen-bond acceptors (Lipinski definition) is 3. The molecule has 1 aromatic heterocycles. The molecule has 1 aromatic rings. The number of anilines is 1. The summed E-state index contributed by atoms with van der Waals surface area (Å²) in [4.78, 5) is 17.7. The van der Waals surface area contributed by atoms with E-state index in [2.05, 4.69) is 4.98 Å². The van der Waals surface area contributed by atoms with Crippen molar-refractivity contribution in [3.05, 3.63) is 36.7 Å². The van der Waals surface area contributed by atoms with Crippen molar-refractivity contribution in [2.75, 3.05) is 11.9 Å². The SMILES string of the molecule is CN(C(=O)C1C=CC(N)C1)c1ccncc1. The summed E-state index contributed by atoms with van der Waals surface area (Å²) < 4.78 is 0. The predicted molar refractivity (Wildman–Crippen MR) is 62.9 cm³/mol. The quantitative estimate of drug-likeness (QED) is 0.750. The zero-order chi connectivity index (χ0) is 11.5. The Hall–Kier alpha value is -1.68. The predicted octanol–water partition coefficient (Wildman–Crippen LogP) is 0.948. The molecule has 2 rings (SSSR count). The summed E-state index contributed by atoms with van der Waals surface area (Å²) in [6.45, 7) is 0. The Balaban J connectivity index is 2.08. The van der Waals surface area contributed by atoms with E-state index in [-0.39, 0.29) is 17.9 Å². The molecule has 4 nitrogen and oxygen atoms in total. The minimum Gasteiger partial charge on any atom is -0.324 e. The van der Waals surface area contributed by atoms with Gasteiger partial charge in [-0.2, -0.15) is 0 Å². The van der Waals surface area contributed by atoms with E-state index in [9.17, 15) is 4.79 Å². The van der Waals surface area contributed by atoms with Gasteiger partial charge in [-0.05, 0) is 18.6 Å². The normalized spacial score (nSPS) is 23.4. The zero-order valence-corrected chi connectivity index (χ0v) is 9.21. The van der Waals surface area contributed by atoms with Crippen LogP contribution in [0.4, 0.5) is 5.69 Å². The number of hydrogen-bond donors (Lipinski definition) is 1. The van der Waals surface area contributed by atoms with Gasteiger partial charge in [0.1, 0.15) is 0 Å². The maximum atomic E-state index is 12.1.